The molecule has 3 unspecified atom stereocenters. The van der Waals surface area contributed by atoms with Gasteiger partial charge in [-0.1, -0.05) is 6.07 Å². The third-order valence-corrected chi connectivity index (χ3v) is 4.18. The Morgan fingerprint density at radius 2 is 2.06 bits per heavy atom. The van der Waals surface area contributed by atoms with E-state index >= 15 is 0 Å². The average molecular weight is 239 g/mol. The van der Waals surface area contributed by atoms with Gasteiger partial charge in [0.15, 0.2) is 11.6 Å². The van der Waals surface area contributed by atoms with Crippen molar-refractivity contribution in [3.05, 3.63) is 35.4 Å². The molecule has 1 N–H and O–H groups in total. The van der Waals surface area contributed by atoms with E-state index in [4.69, 9.17) is 0 Å². The first-order valence-corrected chi connectivity index (χ1v) is 6.00. The zero-order chi connectivity index (χ0) is 12.0. The fourth-order valence-electron chi connectivity index (χ4n) is 3.10. The lowest BCUT2D eigenvalue weighted by molar-refractivity contribution is -0.0504. The molecule has 2 fully saturated rings. The molecule has 3 atom stereocenters. The first kappa shape index (κ1) is 11.1. The van der Waals surface area contributed by atoms with Crippen LogP contribution in [0.15, 0.2) is 18.2 Å². The number of hydrogen-bond acceptors (Lipinski definition) is 2. The van der Waals surface area contributed by atoms with Gasteiger partial charge in [0.2, 0.25) is 0 Å². The number of nitrogens with zero attached hydrogens (tertiary/aromatic N) is 1. The number of aliphatic hydroxyl groups is 1. The van der Waals surface area contributed by atoms with Crippen molar-refractivity contribution in [2.45, 2.75) is 18.4 Å². The molecule has 1 aromatic carbocycles. The maximum absolute atomic E-state index is 13.2. The van der Waals surface area contributed by atoms with E-state index in [1.165, 1.54) is 6.07 Å². The zero-order valence-electron chi connectivity index (χ0n) is 9.50. The molecule has 2 saturated heterocycles. The highest BCUT2D eigenvalue weighted by Gasteiger charge is 2.46. The second-order valence-electron chi connectivity index (χ2n) is 5.09. The van der Waals surface area contributed by atoms with Gasteiger partial charge >= 0.3 is 0 Å². The number of rotatable bonds is 1. The standard InChI is InChI=1S/C13H15F2NO/c14-11-2-1-9(7-12(11)15)13(17)4-6-16-5-3-10(13)8-16/h1-2,7,10,17H,3-6,8H2. The van der Waals surface area contributed by atoms with Gasteiger partial charge in [-0.25, -0.2) is 8.78 Å². The lowest BCUT2D eigenvalue weighted by Crippen LogP contribution is -2.44. The van der Waals surface area contributed by atoms with Crippen LogP contribution in [0, 0.1) is 17.6 Å². The van der Waals surface area contributed by atoms with E-state index in [1.807, 2.05) is 0 Å². The molecule has 17 heavy (non-hydrogen) atoms. The fourth-order valence-corrected chi connectivity index (χ4v) is 3.10. The van der Waals surface area contributed by atoms with Gasteiger partial charge in [-0.3, -0.25) is 0 Å². The van der Waals surface area contributed by atoms with Crippen LogP contribution in [-0.4, -0.2) is 29.6 Å². The van der Waals surface area contributed by atoms with Gasteiger partial charge in [0, 0.05) is 19.0 Å². The van der Waals surface area contributed by atoms with Crippen LogP contribution in [0.4, 0.5) is 8.78 Å². The van der Waals surface area contributed by atoms with Gasteiger partial charge in [-0.05, 0) is 37.1 Å². The maximum Gasteiger partial charge on any atom is 0.159 e. The van der Waals surface area contributed by atoms with Crippen molar-refractivity contribution in [2.24, 2.45) is 5.92 Å². The van der Waals surface area contributed by atoms with Gasteiger partial charge in [-0.2, -0.15) is 0 Å². The monoisotopic (exact) mass is 239 g/mol. The molecule has 3 rings (SSSR count). The van der Waals surface area contributed by atoms with Gasteiger partial charge in [0.05, 0.1) is 5.60 Å². The normalized spacial score (nSPS) is 36.2. The number of halogens is 2. The van der Waals surface area contributed by atoms with E-state index in [9.17, 15) is 13.9 Å². The van der Waals surface area contributed by atoms with E-state index in [-0.39, 0.29) is 5.92 Å². The van der Waals surface area contributed by atoms with Crippen LogP contribution in [0.3, 0.4) is 0 Å². The maximum atomic E-state index is 13.2. The highest BCUT2D eigenvalue weighted by atomic mass is 19.2. The van der Waals surface area contributed by atoms with Crippen LogP contribution >= 0.6 is 0 Å². The van der Waals surface area contributed by atoms with Crippen LogP contribution in [0.2, 0.25) is 0 Å². The Labute approximate surface area is 98.9 Å². The minimum Gasteiger partial charge on any atom is -0.385 e. The van der Waals surface area contributed by atoms with Crippen LogP contribution in [0.5, 0.6) is 0 Å². The minimum atomic E-state index is -0.985. The quantitative estimate of drug-likeness (QED) is 0.808. The largest absolute Gasteiger partial charge is 0.385 e. The van der Waals surface area contributed by atoms with Crippen molar-refractivity contribution in [1.29, 1.82) is 0 Å². The van der Waals surface area contributed by atoms with E-state index in [0.717, 1.165) is 38.2 Å². The van der Waals surface area contributed by atoms with Crippen molar-refractivity contribution in [1.82, 2.24) is 4.90 Å². The van der Waals surface area contributed by atoms with Crippen molar-refractivity contribution >= 4 is 0 Å². The molecule has 0 aromatic heterocycles. The zero-order valence-corrected chi connectivity index (χ0v) is 9.50. The fraction of sp³-hybridized carbons (Fsp3) is 0.538. The van der Waals surface area contributed by atoms with Gasteiger partial charge in [0.1, 0.15) is 0 Å². The van der Waals surface area contributed by atoms with Crippen molar-refractivity contribution in [3.8, 4) is 0 Å². The summed E-state index contributed by atoms with van der Waals surface area (Å²) in [7, 11) is 0. The summed E-state index contributed by atoms with van der Waals surface area (Å²) in [5.41, 5.74) is -0.468. The molecule has 0 radical (unpaired) electrons. The van der Waals surface area contributed by atoms with Crippen LogP contribution in [-0.2, 0) is 5.60 Å². The molecule has 4 heteroatoms. The summed E-state index contributed by atoms with van der Waals surface area (Å²) in [5.74, 6) is -1.60. The van der Waals surface area contributed by atoms with E-state index < -0.39 is 17.2 Å². The van der Waals surface area contributed by atoms with E-state index in [0.29, 0.717) is 12.0 Å². The molecule has 2 aliphatic heterocycles. The van der Waals surface area contributed by atoms with Gasteiger partial charge in [0.25, 0.3) is 0 Å². The van der Waals surface area contributed by atoms with Crippen molar-refractivity contribution in [3.63, 3.8) is 0 Å². The highest BCUT2D eigenvalue weighted by Crippen LogP contribution is 2.42. The van der Waals surface area contributed by atoms with E-state index in [2.05, 4.69) is 4.90 Å². The first-order valence-electron chi connectivity index (χ1n) is 6.00. The molecule has 2 aliphatic rings. The highest BCUT2D eigenvalue weighted by molar-refractivity contribution is 5.26. The molecule has 1 aromatic rings. The Morgan fingerprint density at radius 3 is 2.82 bits per heavy atom. The first-order chi connectivity index (χ1) is 8.09. The minimum absolute atomic E-state index is 0.140. The summed E-state index contributed by atoms with van der Waals surface area (Å²) in [6.07, 6.45) is 1.53. The molecule has 0 spiro atoms. The molecule has 0 aliphatic carbocycles. The van der Waals surface area contributed by atoms with E-state index in [1.54, 1.807) is 0 Å². The van der Waals surface area contributed by atoms with Crippen LogP contribution in [0.25, 0.3) is 0 Å². The molecular weight excluding hydrogens is 224 g/mol. The van der Waals surface area contributed by atoms with Crippen LogP contribution < -0.4 is 0 Å². The summed E-state index contributed by atoms with van der Waals surface area (Å²) in [6.45, 7) is 2.68. The Morgan fingerprint density at radius 1 is 1.24 bits per heavy atom. The molecule has 2 heterocycles. The summed E-state index contributed by atoms with van der Waals surface area (Å²) in [4.78, 5) is 2.30. The molecule has 92 valence electrons. The lowest BCUT2D eigenvalue weighted by atomic mass is 9.77. The number of hydrogen-bond donors (Lipinski definition) is 1. The average Bonchev–Trinajstić information content (AvgIpc) is 2.73. The Bertz CT molecular complexity index is 451. The third-order valence-electron chi connectivity index (χ3n) is 4.18. The van der Waals surface area contributed by atoms with Crippen molar-refractivity contribution < 1.29 is 13.9 Å². The summed E-state index contributed by atoms with van der Waals surface area (Å²) in [5, 5.41) is 10.7. The molecule has 2 nitrogen and oxygen atoms in total. The Balaban J connectivity index is 1.98. The topological polar surface area (TPSA) is 23.5 Å². The SMILES string of the molecule is OC1(c2ccc(F)c(F)c2)CCN2CCC1C2. The summed E-state index contributed by atoms with van der Waals surface area (Å²) < 4.78 is 26.2. The van der Waals surface area contributed by atoms with Crippen molar-refractivity contribution in [2.75, 3.05) is 19.6 Å². The predicted molar refractivity (Wildman–Crippen MR) is 59.4 cm³/mol. The summed E-state index contributed by atoms with van der Waals surface area (Å²) in [6, 6.07) is 3.75. The molecule has 2 bridgehead atoms. The van der Waals surface area contributed by atoms with Crippen LogP contribution in [0.1, 0.15) is 18.4 Å². The third kappa shape index (κ3) is 1.67. The second-order valence-corrected chi connectivity index (χ2v) is 5.09. The number of fused-ring (bicyclic) bond motifs is 2. The second kappa shape index (κ2) is 3.75. The number of piperidine rings is 1. The summed E-state index contributed by atoms with van der Waals surface area (Å²) >= 11 is 0. The molecular formula is C13H15F2NO. The predicted octanol–water partition coefficient (Wildman–Crippen LogP) is 1.88. The Hall–Kier alpha value is -1.00. The van der Waals surface area contributed by atoms with Gasteiger partial charge in [-0.15, -0.1) is 0 Å². The number of benzene rings is 1. The lowest BCUT2D eigenvalue weighted by Gasteiger charge is -2.39. The smallest absolute Gasteiger partial charge is 0.159 e. The Kier molecular flexibility index (Phi) is 2.45. The molecule has 0 saturated carbocycles. The molecule has 0 amide bonds. The van der Waals surface area contributed by atoms with Gasteiger partial charge < -0.3 is 10.0 Å².